The summed E-state index contributed by atoms with van der Waals surface area (Å²) in [6.07, 6.45) is 1.04. The Bertz CT molecular complexity index is 302. The SMILES string of the molecule is Cl.Fc1cc(Br)ccc1[C@H]1CCN1. The Kier molecular flexibility index (Phi) is 3.71. The highest BCUT2D eigenvalue weighted by atomic mass is 79.9. The molecule has 0 aliphatic carbocycles. The third-order valence-electron chi connectivity index (χ3n) is 2.16. The van der Waals surface area contributed by atoms with Crippen molar-refractivity contribution in [2.75, 3.05) is 6.54 Å². The summed E-state index contributed by atoms with van der Waals surface area (Å²) < 4.78 is 14.0. The van der Waals surface area contributed by atoms with Crippen LogP contribution in [0.5, 0.6) is 0 Å². The summed E-state index contributed by atoms with van der Waals surface area (Å²) in [4.78, 5) is 0. The molecule has 2 rings (SSSR count). The van der Waals surface area contributed by atoms with E-state index in [2.05, 4.69) is 21.2 Å². The molecule has 1 heterocycles. The number of hydrogen-bond acceptors (Lipinski definition) is 1. The lowest BCUT2D eigenvalue weighted by Gasteiger charge is -2.28. The smallest absolute Gasteiger partial charge is 0.129 e. The highest BCUT2D eigenvalue weighted by Gasteiger charge is 2.21. The first kappa shape index (κ1) is 11.0. The largest absolute Gasteiger partial charge is 0.310 e. The zero-order chi connectivity index (χ0) is 8.55. The number of nitrogens with one attached hydrogen (secondary N) is 1. The molecule has 4 heteroatoms. The lowest BCUT2D eigenvalue weighted by atomic mass is 9.98. The predicted octanol–water partition coefficient (Wildman–Crippen LogP) is 3.04. The summed E-state index contributed by atoms with van der Waals surface area (Å²) in [5.41, 5.74) is 0.782. The molecule has 0 amide bonds. The summed E-state index contributed by atoms with van der Waals surface area (Å²) in [6, 6.07) is 5.45. The molecule has 0 unspecified atom stereocenters. The van der Waals surface area contributed by atoms with Gasteiger partial charge in [-0.25, -0.2) is 4.39 Å². The van der Waals surface area contributed by atoms with Crippen molar-refractivity contribution in [1.29, 1.82) is 0 Å². The van der Waals surface area contributed by atoms with Crippen molar-refractivity contribution in [2.24, 2.45) is 0 Å². The lowest BCUT2D eigenvalue weighted by Crippen LogP contribution is -2.35. The Morgan fingerprint density at radius 1 is 1.46 bits per heavy atom. The highest BCUT2D eigenvalue weighted by molar-refractivity contribution is 9.10. The van der Waals surface area contributed by atoms with Crippen molar-refractivity contribution in [1.82, 2.24) is 5.32 Å². The van der Waals surface area contributed by atoms with Crippen LogP contribution >= 0.6 is 28.3 Å². The van der Waals surface area contributed by atoms with Crippen LogP contribution in [0.3, 0.4) is 0 Å². The summed E-state index contributed by atoms with van der Waals surface area (Å²) in [7, 11) is 0. The van der Waals surface area contributed by atoms with Crippen LogP contribution < -0.4 is 5.32 Å². The van der Waals surface area contributed by atoms with Gasteiger partial charge in [0.1, 0.15) is 5.82 Å². The number of benzene rings is 1. The monoisotopic (exact) mass is 265 g/mol. The fraction of sp³-hybridized carbons (Fsp3) is 0.333. The van der Waals surface area contributed by atoms with Gasteiger partial charge in [-0.15, -0.1) is 12.4 Å². The second-order valence-corrected chi connectivity index (χ2v) is 3.88. The molecule has 13 heavy (non-hydrogen) atoms. The van der Waals surface area contributed by atoms with Crippen molar-refractivity contribution >= 4 is 28.3 Å². The van der Waals surface area contributed by atoms with Gasteiger partial charge in [-0.05, 0) is 25.1 Å². The zero-order valence-corrected chi connectivity index (χ0v) is 9.29. The quantitative estimate of drug-likeness (QED) is 0.824. The van der Waals surface area contributed by atoms with Gasteiger partial charge in [0.2, 0.25) is 0 Å². The fourth-order valence-electron chi connectivity index (χ4n) is 1.34. The number of rotatable bonds is 1. The molecule has 1 saturated heterocycles. The van der Waals surface area contributed by atoms with Crippen LogP contribution in [-0.4, -0.2) is 6.54 Å². The highest BCUT2D eigenvalue weighted by Crippen LogP contribution is 2.26. The summed E-state index contributed by atoms with van der Waals surface area (Å²) >= 11 is 3.22. The Morgan fingerprint density at radius 3 is 2.62 bits per heavy atom. The minimum atomic E-state index is -0.124. The van der Waals surface area contributed by atoms with Gasteiger partial charge in [0, 0.05) is 16.1 Å². The lowest BCUT2D eigenvalue weighted by molar-refractivity contribution is 0.370. The molecule has 1 aliphatic rings. The van der Waals surface area contributed by atoms with Crippen LogP contribution in [0.15, 0.2) is 22.7 Å². The van der Waals surface area contributed by atoms with E-state index in [1.807, 2.05) is 12.1 Å². The zero-order valence-electron chi connectivity index (χ0n) is 6.89. The number of hydrogen-bond donors (Lipinski definition) is 1. The van der Waals surface area contributed by atoms with Gasteiger partial charge < -0.3 is 5.32 Å². The van der Waals surface area contributed by atoms with E-state index < -0.39 is 0 Å². The number of halogens is 3. The van der Waals surface area contributed by atoms with Crippen LogP contribution in [0.4, 0.5) is 4.39 Å². The Labute approximate surface area is 91.3 Å². The van der Waals surface area contributed by atoms with Crippen LogP contribution in [0, 0.1) is 5.82 Å². The first-order chi connectivity index (χ1) is 5.77. The van der Waals surface area contributed by atoms with E-state index in [-0.39, 0.29) is 24.3 Å². The Balaban J connectivity index is 0.000000845. The van der Waals surface area contributed by atoms with Gasteiger partial charge in [-0.3, -0.25) is 0 Å². The third-order valence-corrected chi connectivity index (χ3v) is 2.65. The Hall–Kier alpha value is -0.120. The summed E-state index contributed by atoms with van der Waals surface area (Å²) in [6.45, 7) is 1.00. The molecule has 1 aliphatic heterocycles. The minimum Gasteiger partial charge on any atom is -0.310 e. The van der Waals surface area contributed by atoms with Crippen LogP contribution in [-0.2, 0) is 0 Å². The van der Waals surface area contributed by atoms with Gasteiger partial charge in [0.15, 0.2) is 0 Å². The molecule has 0 aromatic heterocycles. The van der Waals surface area contributed by atoms with Crippen LogP contribution in [0.25, 0.3) is 0 Å². The molecule has 0 bridgehead atoms. The van der Waals surface area contributed by atoms with Gasteiger partial charge in [0.25, 0.3) is 0 Å². The molecular formula is C9H10BrClFN. The van der Waals surface area contributed by atoms with Crippen molar-refractivity contribution < 1.29 is 4.39 Å². The van der Waals surface area contributed by atoms with Gasteiger partial charge in [-0.2, -0.15) is 0 Å². The van der Waals surface area contributed by atoms with E-state index in [1.54, 1.807) is 0 Å². The topological polar surface area (TPSA) is 12.0 Å². The van der Waals surface area contributed by atoms with Crippen molar-refractivity contribution in [3.05, 3.63) is 34.1 Å². The summed E-state index contributed by atoms with van der Waals surface area (Å²) in [5, 5.41) is 3.17. The average molecular weight is 267 g/mol. The van der Waals surface area contributed by atoms with Gasteiger partial charge >= 0.3 is 0 Å². The molecule has 72 valence electrons. The van der Waals surface area contributed by atoms with E-state index in [0.717, 1.165) is 23.0 Å². The second kappa shape index (κ2) is 4.40. The molecule has 1 aromatic rings. The predicted molar refractivity (Wildman–Crippen MR) is 56.7 cm³/mol. The molecule has 1 fully saturated rings. The molecule has 1 aromatic carbocycles. The van der Waals surface area contributed by atoms with Crippen LogP contribution in [0.1, 0.15) is 18.0 Å². The standard InChI is InChI=1S/C9H9BrFN.ClH/c10-6-1-2-7(8(11)5-6)9-3-4-12-9;/h1-2,5,9,12H,3-4H2;1H/t9-;/m1./s1. The molecule has 1 N–H and O–H groups in total. The van der Waals surface area contributed by atoms with Gasteiger partial charge in [-0.1, -0.05) is 22.0 Å². The second-order valence-electron chi connectivity index (χ2n) is 2.96. The van der Waals surface area contributed by atoms with Crippen molar-refractivity contribution in [3.8, 4) is 0 Å². The summed E-state index contributed by atoms with van der Waals surface area (Å²) in [5.74, 6) is -0.124. The molecular weight excluding hydrogens is 256 g/mol. The van der Waals surface area contributed by atoms with Crippen molar-refractivity contribution in [3.63, 3.8) is 0 Å². The third kappa shape index (κ3) is 2.22. The fourth-order valence-corrected chi connectivity index (χ4v) is 1.67. The van der Waals surface area contributed by atoms with Crippen molar-refractivity contribution in [2.45, 2.75) is 12.5 Å². The van der Waals surface area contributed by atoms with E-state index in [4.69, 9.17) is 0 Å². The molecule has 0 spiro atoms. The molecule has 0 saturated carbocycles. The maximum atomic E-state index is 13.3. The average Bonchev–Trinajstić information content (AvgIpc) is 1.91. The first-order valence-corrected chi connectivity index (χ1v) is 4.75. The maximum Gasteiger partial charge on any atom is 0.129 e. The van der Waals surface area contributed by atoms with E-state index in [9.17, 15) is 4.39 Å². The van der Waals surface area contributed by atoms with E-state index >= 15 is 0 Å². The molecule has 0 radical (unpaired) electrons. The van der Waals surface area contributed by atoms with E-state index in [1.165, 1.54) is 6.07 Å². The van der Waals surface area contributed by atoms with Crippen LogP contribution in [0.2, 0.25) is 0 Å². The van der Waals surface area contributed by atoms with E-state index in [0.29, 0.717) is 0 Å². The molecule has 1 nitrogen and oxygen atoms in total. The normalized spacial score (nSPS) is 20.3. The maximum absolute atomic E-state index is 13.3. The molecule has 1 atom stereocenters. The minimum absolute atomic E-state index is 0. The van der Waals surface area contributed by atoms with Gasteiger partial charge in [0.05, 0.1) is 0 Å². The Morgan fingerprint density at radius 2 is 2.15 bits per heavy atom. The first-order valence-electron chi connectivity index (χ1n) is 3.96.